The average molecular weight is 288 g/mol. The lowest BCUT2D eigenvalue weighted by atomic mass is 10.2. The summed E-state index contributed by atoms with van der Waals surface area (Å²) in [7, 11) is 1.73. The minimum absolute atomic E-state index is 0.168. The summed E-state index contributed by atoms with van der Waals surface area (Å²) in [6.45, 7) is 0. The van der Waals surface area contributed by atoms with Crippen molar-refractivity contribution in [3.63, 3.8) is 0 Å². The van der Waals surface area contributed by atoms with Crippen molar-refractivity contribution < 1.29 is 4.74 Å². The highest BCUT2D eigenvalue weighted by atomic mass is 79.9. The zero-order valence-electron chi connectivity index (χ0n) is 9.00. The Labute approximate surface area is 102 Å². The molecule has 1 aromatic heterocycles. The first kappa shape index (κ1) is 11.6. The number of aromatic nitrogens is 2. The summed E-state index contributed by atoms with van der Waals surface area (Å²) in [5.74, 6) is 0.602. The van der Waals surface area contributed by atoms with Gasteiger partial charge >= 0.3 is 0 Å². The number of rotatable bonds is 3. The van der Waals surface area contributed by atoms with Gasteiger partial charge in [0.05, 0.1) is 12.4 Å². The monoisotopic (exact) mass is 287 g/mol. The van der Waals surface area contributed by atoms with E-state index < -0.39 is 0 Å². The molecule has 6 heteroatoms. The third kappa shape index (κ3) is 2.44. The van der Waals surface area contributed by atoms with Crippen LogP contribution in [-0.2, 0) is 4.74 Å². The fourth-order valence-corrected chi connectivity index (χ4v) is 2.29. The molecule has 0 spiro atoms. The maximum atomic E-state index is 11.3. The van der Waals surface area contributed by atoms with Crippen molar-refractivity contribution in [2.24, 2.45) is 0 Å². The van der Waals surface area contributed by atoms with Gasteiger partial charge in [-0.2, -0.15) is 0 Å². The third-order valence-corrected chi connectivity index (χ3v) is 3.59. The van der Waals surface area contributed by atoms with E-state index in [1.807, 2.05) is 0 Å². The number of ether oxygens (including phenoxy) is 1. The summed E-state index contributed by atoms with van der Waals surface area (Å²) in [5, 5.41) is 3.26. The predicted octanol–water partition coefficient (Wildman–Crippen LogP) is 1.51. The lowest BCUT2D eigenvalue weighted by Gasteiger charge is -2.13. The highest BCUT2D eigenvalue weighted by molar-refractivity contribution is 9.10. The number of hydrogen-bond acceptors (Lipinski definition) is 4. The maximum absolute atomic E-state index is 11.3. The molecule has 16 heavy (non-hydrogen) atoms. The summed E-state index contributed by atoms with van der Waals surface area (Å²) >= 11 is 3.22. The van der Waals surface area contributed by atoms with Crippen molar-refractivity contribution in [2.45, 2.75) is 31.4 Å². The van der Waals surface area contributed by atoms with Gasteiger partial charge in [0, 0.05) is 13.2 Å². The van der Waals surface area contributed by atoms with Gasteiger partial charge in [0.15, 0.2) is 0 Å². The van der Waals surface area contributed by atoms with Crippen molar-refractivity contribution in [3.8, 4) is 0 Å². The van der Waals surface area contributed by atoms with Crippen LogP contribution in [0.3, 0.4) is 0 Å². The van der Waals surface area contributed by atoms with Gasteiger partial charge in [0.25, 0.3) is 5.56 Å². The van der Waals surface area contributed by atoms with Gasteiger partial charge in [0.1, 0.15) is 10.3 Å². The van der Waals surface area contributed by atoms with E-state index in [0.29, 0.717) is 22.4 Å². The Morgan fingerprint density at radius 1 is 1.62 bits per heavy atom. The zero-order chi connectivity index (χ0) is 11.5. The molecular formula is C10H14BrN3O2. The first-order chi connectivity index (χ1) is 7.70. The number of nitrogens with one attached hydrogen (secondary N) is 2. The van der Waals surface area contributed by atoms with E-state index in [2.05, 4.69) is 31.2 Å². The Kier molecular flexibility index (Phi) is 3.60. The van der Waals surface area contributed by atoms with Crippen LogP contribution in [0, 0.1) is 0 Å². The summed E-state index contributed by atoms with van der Waals surface area (Å²) < 4.78 is 5.75. The molecule has 1 aromatic rings. The van der Waals surface area contributed by atoms with Crippen molar-refractivity contribution in [1.82, 2.24) is 9.97 Å². The van der Waals surface area contributed by atoms with Gasteiger partial charge in [-0.05, 0) is 35.2 Å². The fourth-order valence-electron chi connectivity index (χ4n) is 1.96. The molecule has 1 aliphatic rings. The lowest BCUT2D eigenvalue weighted by Crippen LogP contribution is -2.20. The molecule has 1 saturated carbocycles. The standard InChI is InChI=1S/C10H14BrN3O2/c1-16-7-3-2-6(4-7)14-9-8(11)10(15)13-5-12-9/h5-7H,2-4H2,1H3,(H2,12,13,14,15). The zero-order valence-corrected chi connectivity index (χ0v) is 10.6. The van der Waals surface area contributed by atoms with Crippen LogP contribution < -0.4 is 10.9 Å². The predicted molar refractivity (Wildman–Crippen MR) is 64.6 cm³/mol. The molecule has 0 saturated heterocycles. The normalized spacial score (nSPS) is 24.6. The number of methoxy groups -OCH3 is 1. The topological polar surface area (TPSA) is 67.0 Å². The van der Waals surface area contributed by atoms with E-state index >= 15 is 0 Å². The molecule has 0 aromatic carbocycles. The molecule has 1 fully saturated rings. The molecule has 2 atom stereocenters. The first-order valence-electron chi connectivity index (χ1n) is 5.23. The van der Waals surface area contributed by atoms with Crippen LogP contribution in [0.1, 0.15) is 19.3 Å². The lowest BCUT2D eigenvalue weighted by molar-refractivity contribution is 0.108. The number of aromatic amines is 1. The molecule has 88 valence electrons. The number of H-pyrrole nitrogens is 1. The Bertz CT molecular complexity index is 421. The van der Waals surface area contributed by atoms with Gasteiger partial charge in [-0.15, -0.1) is 0 Å². The molecular weight excluding hydrogens is 274 g/mol. The van der Waals surface area contributed by atoms with Gasteiger partial charge < -0.3 is 15.0 Å². The van der Waals surface area contributed by atoms with E-state index in [-0.39, 0.29) is 5.56 Å². The second kappa shape index (κ2) is 4.97. The van der Waals surface area contributed by atoms with Crippen molar-refractivity contribution in [1.29, 1.82) is 0 Å². The van der Waals surface area contributed by atoms with Crippen LogP contribution in [0.5, 0.6) is 0 Å². The van der Waals surface area contributed by atoms with E-state index in [1.54, 1.807) is 7.11 Å². The van der Waals surface area contributed by atoms with Crippen LogP contribution in [0.15, 0.2) is 15.6 Å². The van der Waals surface area contributed by atoms with E-state index in [0.717, 1.165) is 19.3 Å². The Morgan fingerprint density at radius 2 is 2.44 bits per heavy atom. The Hall–Kier alpha value is -0.880. The molecule has 2 unspecified atom stereocenters. The highest BCUT2D eigenvalue weighted by Gasteiger charge is 2.25. The molecule has 0 bridgehead atoms. The first-order valence-corrected chi connectivity index (χ1v) is 6.02. The molecule has 5 nitrogen and oxygen atoms in total. The summed E-state index contributed by atoms with van der Waals surface area (Å²) in [6, 6.07) is 0.329. The third-order valence-electron chi connectivity index (χ3n) is 2.86. The van der Waals surface area contributed by atoms with Gasteiger partial charge in [0.2, 0.25) is 0 Å². The van der Waals surface area contributed by atoms with Crippen molar-refractivity contribution >= 4 is 21.7 Å². The summed E-state index contributed by atoms with van der Waals surface area (Å²) in [5.41, 5.74) is -0.168. The fraction of sp³-hybridized carbons (Fsp3) is 0.600. The van der Waals surface area contributed by atoms with Crippen molar-refractivity contribution in [2.75, 3.05) is 12.4 Å². The summed E-state index contributed by atoms with van der Waals surface area (Å²) in [6.07, 6.45) is 4.77. The molecule has 2 N–H and O–H groups in total. The van der Waals surface area contributed by atoms with Crippen LogP contribution in [0.25, 0.3) is 0 Å². The molecule has 2 rings (SSSR count). The number of halogens is 1. The van der Waals surface area contributed by atoms with Crippen LogP contribution >= 0.6 is 15.9 Å². The smallest absolute Gasteiger partial charge is 0.267 e. The number of nitrogens with zero attached hydrogens (tertiary/aromatic N) is 1. The van der Waals surface area contributed by atoms with E-state index in [4.69, 9.17) is 4.74 Å². The molecule has 0 radical (unpaired) electrons. The Balaban J connectivity index is 2.05. The minimum Gasteiger partial charge on any atom is -0.381 e. The van der Waals surface area contributed by atoms with E-state index in [9.17, 15) is 4.79 Å². The van der Waals surface area contributed by atoms with Crippen LogP contribution in [-0.4, -0.2) is 29.2 Å². The van der Waals surface area contributed by atoms with Crippen LogP contribution in [0.2, 0.25) is 0 Å². The summed E-state index contributed by atoms with van der Waals surface area (Å²) in [4.78, 5) is 17.9. The highest BCUT2D eigenvalue weighted by Crippen LogP contribution is 2.25. The van der Waals surface area contributed by atoms with E-state index in [1.165, 1.54) is 6.33 Å². The van der Waals surface area contributed by atoms with Crippen LogP contribution in [0.4, 0.5) is 5.82 Å². The maximum Gasteiger partial charge on any atom is 0.267 e. The van der Waals surface area contributed by atoms with Gasteiger partial charge in [-0.1, -0.05) is 0 Å². The second-order valence-electron chi connectivity index (χ2n) is 3.91. The minimum atomic E-state index is -0.168. The number of hydrogen-bond donors (Lipinski definition) is 2. The molecule has 0 amide bonds. The van der Waals surface area contributed by atoms with Crippen molar-refractivity contribution in [3.05, 3.63) is 21.2 Å². The largest absolute Gasteiger partial charge is 0.381 e. The average Bonchev–Trinajstić information content (AvgIpc) is 2.73. The molecule has 0 aliphatic heterocycles. The SMILES string of the molecule is COC1CCC(Nc2nc[nH]c(=O)c2Br)C1. The molecule has 1 heterocycles. The Morgan fingerprint density at radius 3 is 3.12 bits per heavy atom. The number of anilines is 1. The van der Waals surface area contributed by atoms with Gasteiger partial charge in [-0.3, -0.25) is 4.79 Å². The quantitative estimate of drug-likeness (QED) is 0.884. The molecule has 1 aliphatic carbocycles. The van der Waals surface area contributed by atoms with Gasteiger partial charge in [-0.25, -0.2) is 4.98 Å². The second-order valence-corrected chi connectivity index (χ2v) is 4.70.